The Bertz CT molecular complexity index is 1210. The number of halogens is 3. The van der Waals surface area contributed by atoms with Gasteiger partial charge in [0.25, 0.3) is 0 Å². The Kier molecular flexibility index (Phi) is 8.60. The molecule has 9 heteroatoms. The topological polar surface area (TPSA) is 72.5 Å². The van der Waals surface area contributed by atoms with Crippen LogP contribution in [0.2, 0.25) is 0 Å². The molecule has 0 saturated carbocycles. The maximum absolute atomic E-state index is 14.9. The van der Waals surface area contributed by atoms with E-state index in [-0.39, 0.29) is 24.0 Å². The lowest BCUT2D eigenvalue weighted by Gasteiger charge is -2.44. The van der Waals surface area contributed by atoms with Crippen molar-refractivity contribution in [3.8, 4) is 0 Å². The van der Waals surface area contributed by atoms with Gasteiger partial charge < -0.3 is 20.1 Å². The largest absolute Gasteiger partial charge is 0.381 e. The fraction of sp³-hybridized carbons (Fsp3) is 0.400. The molecule has 1 amide bonds. The van der Waals surface area contributed by atoms with Crippen molar-refractivity contribution in [2.75, 3.05) is 31.6 Å². The van der Waals surface area contributed by atoms with E-state index in [0.717, 1.165) is 25.6 Å². The molecule has 0 radical (unpaired) electrons. The van der Waals surface area contributed by atoms with E-state index in [4.69, 9.17) is 9.47 Å². The van der Waals surface area contributed by atoms with Crippen LogP contribution in [0, 0.1) is 17.5 Å². The van der Waals surface area contributed by atoms with Crippen LogP contribution in [-0.2, 0) is 20.7 Å². The van der Waals surface area contributed by atoms with Crippen molar-refractivity contribution in [1.82, 2.24) is 10.3 Å². The highest BCUT2D eigenvalue weighted by Crippen LogP contribution is 2.32. The molecule has 39 heavy (non-hydrogen) atoms. The van der Waals surface area contributed by atoms with Gasteiger partial charge in [-0.05, 0) is 48.2 Å². The van der Waals surface area contributed by atoms with Gasteiger partial charge in [-0.15, -0.1) is 0 Å². The minimum Gasteiger partial charge on any atom is -0.381 e. The Morgan fingerprint density at radius 1 is 1.00 bits per heavy atom. The van der Waals surface area contributed by atoms with Gasteiger partial charge in [0, 0.05) is 57.0 Å². The molecule has 5 rings (SSSR count). The van der Waals surface area contributed by atoms with Crippen LogP contribution in [-0.4, -0.2) is 48.9 Å². The monoisotopic (exact) mass is 539 g/mol. The summed E-state index contributed by atoms with van der Waals surface area (Å²) < 4.78 is 54.0. The van der Waals surface area contributed by atoms with Gasteiger partial charge in [0.15, 0.2) is 0 Å². The highest BCUT2D eigenvalue weighted by atomic mass is 19.1. The Morgan fingerprint density at radius 3 is 2.28 bits per heavy atom. The standard InChI is InChI=1S/C30H32F3N3O3/c31-22-5-1-20(2-6-22)26(21-3-7-23(32)8-4-21)15-29(37)36-28-18-34-17-27(33)25(28)10-9-24-16-35-19-30(39-24)11-13-38-14-12-30/h1-8,17-18,24,26,35H,9-16,19H2,(H,36,37)/t24-/m1/s1. The van der Waals surface area contributed by atoms with Crippen LogP contribution >= 0.6 is 0 Å². The predicted molar refractivity (Wildman–Crippen MR) is 141 cm³/mol. The van der Waals surface area contributed by atoms with Gasteiger partial charge in [0.1, 0.15) is 17.5 Å². The summed E-state index contributed by atoms with van der Waals surface area (Å²) in [4.78, 5) is 17.2. The second-order valence-electron chi connectivity index (χ2n) is 10.3. The molecule has 1 atom stereocenters. The molecule has 0 aliphatic carbocycles. The maximum Gasteiger partial charge on any atom is 0.225 e. The van der Waals surface area contributed by atoms with Crippen LogP contribution in [0.25, 0.3) is 0 Å². The minimum atomic E-state index is -0.494. The smallest absolute Gasteiger partial charge is 0.225 e. The van der Waals surface area contributed by atoms with Crippen LogP contribution in [0.3, 0.4) is 0 Å². The lowest BCUT2D eigenvalue weighted by atomic mass is 9.88. The molecule has 2 N–H and O–H groups in total. The molecule has 3 heterocycles. The second kappa shape index (κ2) is 12.3. The summed E-state index contributed by atoms with van der Waals surface area (Å²) in [6.45, 7) is 2.79. The third-order valence-corrected chi connectivity index (χ3v) is 7.57. The van der Waals surface area contributed by atoms with E-state index in [1.54, 1.807) is 24.3 Å². The van der Waals surface area contributed by atoms with Crippen LogP contribution < -0.4 is 10.6 Å². The number of anilines is 1. The summed E-state index contributed by atoms with van der Waals surface area (Å²) in [5.74, 6) is -2.09. The maximum atomic E-state index is 14.9. The van der Waals surface area contributed by atoms with Crippen molar-refractivity contribution in [1.29, 1.82) is 0 Å². The molecular formula is C30H32F3N3O3. The van der Waals surface area contributed by atoms with Gasteiger partial charge in [-0.25, -0.2) is 13.2 Å². The normalized spacial score (nSPS) is 18.8. The lowest BCUT2D eigenvalue weighted by molar-refractivity contribution is -0.160. The number of hydrogen-bond donors (Lipinski definition) is 2. The van der Waals surface area contributed by atoms with Crippen LogP contribution in [0.15, 0.2) is 60.9 Å². The molecule has 2 fully saturated rings. The number of ether oxygens (including phenoxy) is 2. The SMILES string of the molecule is O=C(CC(c1ccc(F)cc1)c1ccc(F)cc1)Nc1cncc(F)c1CC[C@@H]1CNCC2(CCOCC2)O1. The zero-order valence-electron chi connectivity index (χ0n) is 21.6. The van der Waals surface area contributed by atoms with E-state index < -0.39 is 23.4 Å². The van der Waals surface area contributed by atoms with Gasteiger partial charge >= 0.3 is 0 Å². The van der Waals surface area contributed by atoms with E-state index in [2.05, 4.69) is 15.6 Å². The average molecular weight is 540 g/mol. The molecule has 0 bridgehead atoms. The lowest BCUT2D eigenvalue weighted by Crippen LogP contribution is -2.56. The second-order valence-corrected chi connectivity index (χ2v) is 10.3. The van der Waals surface area contributed by atoms with E-state index in [1.807, 2.05) is 0 Å². The Morgan fingerprint density at radius 2 is 1.64 bits per heavy atom. The quantitative estimate of drug-likeness (QED) is 0.415. The molecule has 0 unspecified atom stereocenters. The van der Waals surface area contributed by atoms with E-state index >= 15 is 0 Å². The Hall–Kier alpha value is -3.27. The van der Waals surface area contributed by atoms with Gasteiger partial charge in [-0.1, -0.05) is 24.3 Å². The molecule has 6 nitrogen and oxygen atoms in total. The first-order valence-corrected chi connectivity index (χ1v) is 13.3. The van der Waals surface area contributed by atoms with Crippen molar-refractivity contribution in [3.05, 3.63) is 95.1 Å². The van der Waals surface area contributed by atoms with Crippen LogP contribution in [0.1, 0.15) is 48.3 Å². The van der Waals surface area contributed by atoms with Gasteiger partial charge in [-0.2, -0.15) is 0 Å². The molecule has 3 aromatic rings. The molecule has 1 aromatic heterocycles. The van der Waals surface area contributed by atoms with E-state index in [9.17, 15) is 18.0 Å². The highest BCUT2D eigenvalue weighted by molar-refractivity contribution is 5.92. The predicted octanol–water partition coefficient (Wildman–Crippen LogP) is 5.13. The van der Waals surface area contributed by atoms with Gasteiger partial charge in [0.2, 0.25) is 5.91 Å². The zero-order valence-corrected chi connectivity index (χ0v) is 21.6. The highest BCUT2D eigenvalue weighted by Gasteiger charge is 2.38. The molecular weight excluding hydrogens is 507 g/mol. The Labute approximate surface area is 225 Å². The van der Waals surface area contributed by atoms with Crippen molar-refractivity contribution >= 4 is 11.6 Å². The number of hydrogen-bond acceptors (Lipinski definition) is 5. The number of nitrogens with one attached hydrogen (secondary N) is 2. The first kappa shape index (κ1) is 27.3. The molecule has 2 saturated heterocycles. The fourth-order valence-electron chi connectivity index (χ4n) is 5.43. The number of amides is 1. The number of carbonyl (C=O) groups is 1. The van der Waals surface area contributed by atoms with Gasteiger partial charge in [0.05, 0.1) is 29.8 Å². The van der Waals surface area contributed by atoms with Crippen molar-refractivity contribution in [2.45, 2.75) is 49.7 Å². The molecule has 2 aliphatic rings. The summed E-state index contributed by atoms with van der Waals surface area (Å²) in [5, 5.41) is 6.28. The third kappa shape index (κ3) is 6.84. The minimum absolute atomic E-state index is 0.00648. The summed E-state index contributed by atoms with van der Waals surface area (Å²) >= 11 is 0. The van der Waals surface area contributed by atoms with Crippen molar-refractivity contribution in [2.24, 2.45) is 0 Å². The number of benzene rings is 2. The van der Waals surface area contributed by atoms with Gasteiger partial charge in [-0.3, -0.25) is 9.78 Å². The molecule has 2 aromatic carbocycles. The first-order valence-electron chi connectivity index (χ1n) is 13.3. The summed E-state index contributed by atoms with van der Waals surface area (Å²) in [6, 6.07) is 11.7. The van der Waals surface area contributed by atoms with Crippen molar-refractivity contribution in [3.63, 3.8) is 0 Å². The van der Waals surface area contributed by atoms with E-state index in [0.29, 0.717) is 55.0 Å². The third-order valence-electron chi connectivity index (χ3n) is 7.57. The average Bonchev–Trinajstić information content (AvgIpc) is 2.93. The number of morpholine rings is 1. The van der Waals surface area contributed by atoms with Crippen molar-refractivity contribution < 1.29 is 27.4 Å². The number of pyridine rings is 1. The zero-order chi connectivity index (χ0) is 27.2. The number of nitrogens with zero attached hydrogens (tertiary/aromatic N) is 1. The van der Waals surface area contributed by atoms with E-state index in [1.165, 1.54) is 30.5 Å². The number of carbonyl (C=O) groups excluding carboxylic acids is 1. The fourth-order valence-corrected chi connectivity index (χ4v) is 5.43. The summed E-state index contributed by atoms with van der Waals surface area (Å²) in [5.41, 5.74) is 1.85. The first-order chi connectivity index (χ1) is 18.9. The Balaban J connectivity index is 1.28. The summed E-state index contributed by atoms with van der Waals surface area (Å²) in [7, 11) is 0. The number of rotatable bonds is 8. The van der Waals surface area contributed by atoms with Crippen LogP contribution in [0.4, 0.5) is 18.9 Å². The van der Waals surface area contributed by atoms with Crippen LogP contribution in [0.5, 0.6) is 0 Å². The molecule has 1 spiro atoms. The summed E-state index contributed by atoms with van der Waals surface area (Å²) in [6.07, 6.45) is 5.08. The molecule has 206 valence electrons. The number of aromatic nitrogens is 1. The molecule has 2 aliphatic heterocycles.